The zero-order chi connectivity index (χ0) is 13.8. The van der Waals surface area contributed by atoms with Crippen molar-refractivity contribution in [1.29, 1.82) is 0 Å². The fourth-order valence-electron chi connectivity index (χ4n) is 2.12. The number of aliphatic carboxylic acids is 1. The molecule has 0 fully saturated rings. The molecule has 102 valence electrons. The summed E-state index contributed by atoms with van der Waals surface area (Å²) in [5.41, 5.74) is 2.62. The number of benzene rings is 1. The highest BCUT2D eigenvalue weighted by Crippen LogP contribution is 2.18. The summed E-state index contributed by atoms with van der Waals surface area (Å²) in [5, 5.41) is 23.3. The summed E-state index contributed by atoms with van der Waals surface area (Å²) in [4.78, 5) is 22.5. The molecule has 1 heterocycles. The molecule has 1 amide bonds. The van der Waals surface area contributed by atoms with Gasteiger partial charge < -0.3 is 20.8 Å². The van der Waals surface area contributed by atoms with Crippen LogP contribution < -0.4 is 10.6 Å². The van der Waals surface area contributed by atoms with Crippen LogP contribution >= 0.6 is 0 Å². The summed E-state index contributed by atoms with van der Waals surface area (Å²) < 4.78 is 0. The number of carboxylic acids is 1. The first-order valence-corrected chi connectivity index (χ1v) is 6.10. The molecule has 0 aromatic heterocycles. The molecule has 1 aliphatic rings. The van der Waals surface area contributed by atoms with Crippen LogP contribution in [0, 0.1) is 0 Å². The first kappa shape index (κ1) is 13.5. The molecule has 0 spiro atoms. The van der Waals surface area contributed by atoms with Crippen LogP contribution in [0.4, 0.5) is 0 Å². The van der Waals surface area contributed by atoms with E-state index in [0.29, 0.717) is 5.56 Å². The molecule has 19 heavy (non-hydrogen) atoms. The Labute approximate surface area is 110 Å². The quantitative estimate of drug-likeness (QED) is 0.588. The van der Waals surface area contributed by atoms with Crippen LogP contribution in [0.1, 0.15) is 21.5 Å². The third kappa shape index (κ3) is 3.10. The van der Waals surface area contributed by atoms with Gasteiger partial charge in [-0.25, -0.2) is 4.79 Å². The van der Waals surface area contributed by atoms with Gasteiger partial charge in [0.25, 0.3) is 5.91 Å². The number of fused-ring (bicyclic) bond motifs is 1. The van der Waals surface area contributed by atoms with Gasteiger partial charge in [-0.15, -0.1) is 0 Å². The number of carboxylic acid groups (broad SMARTS) is 1. The van der Waals surface area contributed by atoms with E-state index in [-0.39, 0.29) is 12.5 Å². The Balaban J connectivity index is 2.09. The molecule has 1 unspecified atom stereocenters. The van der Waals surface area contributed by atoms with Crippen molar-refractivity contribution in [1.82, 2.24) is 10.6 Å². The Bertz CT molecular complexity index is 501. The van der Waals surface area contributed by atoms with Crippen molar-refractivity contribution in [2.24, 2.45) is 0 Å². The lowest BCUT2D eigenvalue weighted by atomic mass is 9.95. The Morgan fingerprint density at radius 1 is 1.42 bits per heavy atom. The maximum atomic E-state index is 12.0. The number of amides is 1. The van der Waals surface area contributed by atoms with Gasteiger partial charge in [-0.2, -0.15) is 0 Å². The molecule has 2 rings (SSSR count). The van der Waals surface area contributed by atoms with E-state index < -0.39 is 12.1 Å². The molecule has 6 nitrogen and oxygen atoms in total. The summed E-state index contributed by atoms with van der Waals surface area (Å²) in [6, 6.07) is 5.48. The number of rotatable bonds is 4. The van der Waals surface area contributed by atoms with Gasteiger partial charge in [0.2, 0.25) is 0 Å². The highest BCUT2D eigenvalue weighted by Gasteiger charge is 2.19. The fraction of sp³-hybridized carbons (Fsp3) is 0.385. The molecular weight excluding hydrogens is 248 g/mol. The van der Waals surface area contributed by atoms with Crippen LogP contribution in [-0.4, -0.2) is 41.3 Å². The number of hydrogen-bond acceptors (Lipinski definition) is 4. The second kappa shape index (κ2) is 5.81. The molecule has 1 aliphatic heterocycles. The van der Waals surface area contributed by atoms with E-state index in [9.17, 15) is 9.59 Å². The summed E-state index contributed by atoms with van der Waals surface area (Å²) in [5.74, 6) is -1.70. The second-order valence-electron chi connectivity index (χ2n) is 4.43. The Kier molecular flexibility index (Phi) is 4.13. The largest absolute Gasteiger partial charge is 0.479 e. The van der Waals surface area contributed by atoms with E-state index in [1.165, 1.54) is 0 Å². The first-order chi connectivity index (χ1) is 9.09. The third-order valence-corrected chi connectivity index (χ3v) is 3.13. The van der Waals surface area contributed by atoms with Crippen molar-refractivity contribution in [3.8, 4) is 0 Å². The molecule has 0 saturated carbocycles. The number of aliphatic hydroxyl groups excluding tert-OH is 1. The lowest BCUT2D eigenvalue weighted by Gasteiger charge is -2.20. The fourth-order valence-corrected chi connectivity index (χ4v) is 2.12. The summed E-state index contributed by atoms with van der Waals surface area (Å²) in [6.45, 7) is 1.25. The molecule has 0 radical (unpaired) electrons. The average Bonchev–Trinajstić information content (AvgIpc) is 2.43. The monoisotopic (exact) mass is 264 g/mol. The van der Waals surface area contributed by atoms with Crippen molar-refractivity contribution < 1.29 is 19.8 Å². The predicted octanol–water partition coefficient (Wildman–Crippen LogP) is -0.492. The zero-order valence-electron chi connectivity index (χ0n) is 10.3. The minimum atomic E-state index is -1.58. The molecule has 1 atom stereocenters. The lowest BCUT2D eigenvalue weighted by molar-refractivity contribution is -0.146. The van der Waals surface area contributed by atoms with Crippen molar-refractivity contribution in [3.05, 3.63) is 34.9 Å². The standard InChI is InChI=1S/C13H16N2O4/c16-11(13(18)19)7-15-12(17)10-3-1-2-8-6-14-5-4-9(8)10/h1-3,11,14,16H,4-7H2,(H,15,17)(H,18,19). The van der Waals surface area contributed by atoms with E-state index in [1.807, 2.05) is 6.07 Å². The van der Waals surface area contributed by atoms with Gasteiger partial charge in [0.1, 0.15) is 0 Å². The SMILES string of the molecule is O=C(NCC(O)C(=O)O)c1cccc2c1CCNC2. The highest BCUT2D eigenvalue weighted by molar-refractivity contribution is 5.96. The molecular formula is C13H16N2O4. The van der Waals surface area contributed by atoms with Gasteiger partial charge in [-0.05, 0) is 30.2 Å². The Hall–Kier alpha value is -1.92. The normalized spacial score (nSPS) is 15.4. The molecule has 6 heteroatoms. The van der Waals surface area contributed by atoms with Gasteiger partial charge >= 0.3 is 5.97 Å². The summed E-state index contributed by atoms with van der Waals surface area (Å²) in [6.07, 6.45) is -0.814. The number of carbonyl (C=O) groups is 2. The molecule has 0 saturated heterocycles. The van der Waals surface area contributed by atoms with E-state index in [4.69, 9.17) is 10.2 Å². The van der Waals surface area contributed by atoms with Crippen LogP contribution in [0.3, 0.4) is 0 Å². The van der Waals surface area contributed by atoms with E-state index in [0.717, 1.165) is 30.6 Å². The number of aliphatic hydroxyl groups is 1. The highest BCUT2D eigenvalue weighted by atomic mass is 16.4. The van der Waals surface area contributed by atoms with E-state index in [2.05, 4.69) is 10.6 Å². The zero-order valence-corrected chi connectivity index (χ0v) is 10.3. The van der Waals surface area contributed by atoms with E-state index >= 15 is 0 Å². The number of carbonyl (C=O) groups excluding carboxylic acids is 1. The third-order valence-electron chi connectivity index (χ3n) is 3.13. The molecule has 1 aromatic rings. The molecule has 0 bridgehead atoms. The van der Waals surface area contributed by atoms with Gasteiger partial charge in [0.05, 0.1) is 6.54 Å². The van der Waals surface area contributed by atoms with Crippen molar-refractivity contribution in [2.75, 3.05) is 13.1 Å². The topological polar surface area (TPSA) is 98.7 Å². The van der Waals surface area contributed by atoms with Crippen molar-refractivity contribution in [2.45, 2.75) is 19.1 Å². The smallest absolute Gasteiger partial charge is 0.334 e. The first-order valence-electron chi connectivity index (χ1n) is 6.10. The van der Waals surface area contributed by atoms with Gasteiger partial charge in [-0.1, -0.05) is 12.1 Å². The van der Waals surface area contributed by atoms with Gasteiger partial charge in [0, 0.05) is 12.1 Å². The van der Waals surface area contributed by atoms with Crippen LogP contribution in [0.15, 0.2) is 18.2 Å². The Morgan fingerprint density at radius 3 is 2.95 bits per heavy atom. The molecule has 1 aromatic carbocycles. The maximum absolute atomic E-state index is 12.0. The van der Waals surface area contributed by atoms with Crippen LogP contribution in [-0.2, 0) is 17.8 Å². The number of hydrogen-bond donors (Lipinski definition) is 4. The van der Waals surface area contributed by atoms with Crippen LogP contribution in [0.5, 0.6) is 0 Å². The average molecular weight is 264 g/mol. The van der Waals surface area contributed by atoms with Gasteiger partial charge in [0.15, 0.2) is 6.10 Å². The minimum absolute atomic E-state index is 0.296. The maximum Gasteiger partial charge on any atom is 0.334 e. The number of nitrogens with one attached hydrogen (secondary N) is 2. The van der Waals surface area contributed by atoms with Crippen LogP contribution in [0.2, 0.25) is 0 Å². The van der Waals surface area contributed by atoms with Crippen molar-refractivity contribution in [3.63, 3.8) is 0 Å². The minimum Gasteiger partial charge on any atom is -0.479 e. The lowest BCUT2D eigenvalue weighted by Crippen LogP contribution is -2.37. The van der Waals surface area contributed by atoms with Gasteiger partial charge in [-0.3, -0.25) is 4.79 Å². The molecule has 4 N–H and O–H groups in total. The Morgan fingerprint density at radius 2 is 2.21 bits per heavy atom. The molecule has 0 aliphatic carbocycles. The predicted molar refractivity (Wildman–Crippen MR) is 67.8 cm³/mol. The second-order valence-corrected chi connectivity index (χ2v) is 4.43. The summed E-state index contributed by atoms with van der Waals surface area (Å²) >= 11 is 0. The van der Waals surface area contributed by atoms with Crippen LogP contribution in [0.25, 0.3) is 0 Å². The summed E-state index contributed by atoms with van der Waals surface area (Å²) in [7, 11) is 0. The van der Waals surface area contributed by atoms with E-state index in [1.54, 1.807) is 12.1 Å². The van der Waals surface area contributed by atoms with Crippen molar-refractivity contribution >= 4 is 11.9 Å².